The van der Waals surface area contributed by atoms with E-state index >= 15 is 0 Å². The first-order valence-electron chi connectivity index (χ1n) is 6.31. The van der Waals surface area contributed by atoms with Gasteiger partial charge in [-0.1, -0.05) is 30.3 Å². The van der Waals surface area contributed by atoms with Crippen LogP contribution in [-0.4, -0.2) is 44.6 Å². The quantitative estimate of drug-likeness (QED) is 0.788. The van der Waals surface area contributed by atoms with Crippen LogP contribution in [0, 0.1) is 0 Å². The zero-order chi connectivity index (χ0) is 13.8. The predicted octanol–water partition coefficient (Wildman–Crippen LogP) is 0.300. The molecule has 0 amide bonds. The van der Waals surface area contributed by atoms with Crippen molar-refractivity contribution in [3.05, 3.63) is 35.9 Å². The Labute approximate surface area is 113 Å². The molecule has 0 unspecified atom stereocenters. The first-order valence-corrected chi connectivity index (χ1v) is 7.96. The molecule has 6 heteroatoms. The van der Waals surface area contributed by atoms with Gasteiger partial charge >= 0.3 is 0 Å². The summed E-state index contributed by atoms with van der Waals surface area (Å²) in [4.78, 5) is 0. The molecule has 1 atom stereocenters. The highest BCUT2D eigenvalue weighted by molar-refractivity contribution is 7.89. The number of sulfonamides is 1. The molecule has 1 aliphatic heterocycles. The first kappa shape index (κ1) is 14.5. The summed E-state index contributed by atoms with van der Waals surface area (Å²) in [5.41, 5.74) is -0.0735. The van der Waals surface area contributed by atoms with E-state index in [-0.39, 0.29) is 18.9 Å². The highest BCUT2D eigenvalue weighted by Gasteiger charge is 2.33. The molecule has 1 aromatic carbocycles. The van der Waals surface area contributed by atoms with Gasteiger partial charge in [0, 0.05) is 19.6 Å². The van der Waals surface area contributed by atoms with Crippen molar-refractivity contribution in [2.75, 3.05) is 25.5 Å². The van der Waals surface area contributed by atoms with Crippen molar-refractivity contribution in [3.8, 4) is 0 Å². The normalized spacial score (nSPS) is 23.6. The molecular formula is C13H19NO4S. The van der Waals surface area contributed by atoms with Gasteiger partial charge in [-0.15, -0.1) is 0 Å². The summed E-state index contributed by atoms with van der Waals surface area (Å²) in [7, 11) is -3.37. The van der Waals surface area contributed by atoms with E-state index in [0.29, 0.717) is 19.4 Å². The molecule has 0 aliphatic carbocycles. The molecule has 19 heavy (non-hydrogen) atoms. The van der Waals surface area contributed by atoms with Crippen LogP contribution < -0.4 is 4.72 Å². The Hall–Kier alpha value is -0.950. The number of nitrogens with one attached hydrogen (secondary N) is 1. The summed E-state index contributed by atoms with van der Waals surface area (Å²) < 4.78 is 31.2. The van der Waals surface area contributed by atoms with E-state index < -0.39 is 15.6 Å². The van der Waals surface area contributed by atoms with Gasteiger partial charge < -0.3 is 9.84 Å². The van der Waals surface area contributed by atoms with Crippen molar-refractivity contribution in [3.63, 3.8) is 0 Å². The van der Waals surface area contributed by atoms with Gasteiger partial charge in [0.2, 0.25) is 10.0 Å². The van der Waals surface area contributed by atoms with Crippen LogP contribution >= 0.6 is 0 Å². The number of aliphatic hydroxyl groups is 1. The summed E-state index contributed by atoms with van der Waals surface area (Å²) in [6.07, 6.45) is 0.930. The maximum absolute atomic E-state index is 11.8. The minimum atomic E-state index is -3.37. The van der Waals surface area contributed by atoms with Gasteiger partial charge in [-0.05, 0) is 12.0 Å². The maximum atomic E-state index is 11.8. The van der Waals surface area contributed by atoms with Crippen LogP contribution in [0.2, 0.25) is 0 Å². The number of hydrogen-bond donors (Lipinski definition) is 2. The van der Waals surface area contributed by atoms with E-state index in [1.54, 1.807) is 0 Å². The van der Waals surface area contributed by atoms with Crippen LogP contribution in [0.4, 0.5) is 0 Å². The zero-order valence-electron chi connectivity index (χ0n) is 10.7. The lowest BCUT2D eigenvalue weighted by Crippen LogP contribution is -2.44. The average molecular weight is 285 g/mol. The number of ether oxygens (including phenoxy) is 1. The molecule has 0 aromatic heterocycles. The Bertz CT molecular complexity index is 495. The molecule has 2 rings (SSSR count). The van der Waals surface area contributed by atoms with Crippen molar-refractivity contribution in [2.24, 2.45) is 0 Å². The second-order valence-electron chi connectivity index (χ2n) is 4.90. The van der Waals surface area contributed by atoms with Gasteiger partial charge in [-0.25, -0.2) is 13.1 Å². The topological polar surface area (TPSA) is 75.6 Å². The summed E-state index contributed by atoms with van der Waals surface area (Å²) in [5, 5.41) is 9.99. The molecular weight excluding hydrogens is 266 g/mol. The van der Waals surface area contributed by atoms with Crippen molar-refractivity contribution < 1.29 is 18.3 Å². The average Bonchev–Trinajstić information content (AvgIpc) is 2.84. The second kappa shape index (κ2) is 6.00. The summed E-state index contributed by atoms with van der Waals surface area (Å²) in [6, 6.07) is 9.45. The fourth-order valence-corrected chi connectivity index (χ4v) is 3.09. The summed E-state index contributed by atoms with van der Waals surface area (Å²) in [6.45, 7) is 0.681. The van der Waals surface area contributed by atoms with Crippen LogP contribution in [0.3, 0.4) is 0 Å². The molecule has 2 N–H and O–H groups in total. The maximum Gasteiger partial charge on any atom is 0.212 e. The molecule has 0 saturated carbocycles. The van der Waals surface area contributed by atoms with Crippen LogP contribution in [-0.2, 0) is 21.2 Å². The minimum Gasteiger partial charge on any atom is -0.386 e. The van der Waals surface area contributed by atoms with E-state index in [2.05, 4.69) is 4.72 Å². The fourth-order valence-electron chi connectivity index (χ4n) is 1.95. The van der Waals surface area contributed by atoms with Crippen molar-refractivity contribution in [1.82, 2.24) is 4.72 Å². The van der Waals surface area contributed by atoms with Gasteiger partial charge in [0.25, 0.3) is 0 Å². The molecule has 0 radical (unpaired) electrons. The Balaban J connectivity index is 1.82. The molecule has 1 saturated heterocycles. The Morgan fingerprint density at radius 3 is 2.68 bits per heavy atom. The third kappa shape index (κ3) is 4.58. The largest absolute Gasteiger partial charge is 0.386 e. The zero-order valence-corrected chi connectivity index (χ0v) is 11.5. The van der Waals surface area contributed by atoms with Crippen LogP contribution in [0.25, 0.3) is 0 Å². The van der Waals surface area contributed by atoms with E-state index in [1.165, 1.54) is 0 Å². The lowest BCUT2D eigenvalue weighted by Gasteiger charge is -2.20. The first-order chi connectivity index (χ1) is 8.99. The second-order valence-corrected chi connectivity index (χ2v) is 6.83. The molecule has 106 valence electrons. The highest BCUT2D eigenvalue weighted by atomic mass is 32.2. The lowest BCUT2D eigenvalue weighted by molar-refractivity contribution is 0.0314. The molecule has 1 fully saturated rings. The number of benzene rings is 1. The van der Waals surface area contributed by atoms with Crippen molar-refractivity contribution in [2.45, 2.75) is 18.4 Å². The van der Waals surface area contributed by atoms with E-state index in [1.807, 2.05) is 30.3 Å². The minimum absolute atomic E-state index is 0.0180. The third-order valence-electron chi connectivity index (χ3n) is 3.21. The summed E-state index contributed by atoms with van der Waals surface area (Å²) in [5.74, 6) is 0.0218. The molecule has 1 aromatic rings. The van der Waals surface area contributed by atoms with Crippen LogP contribution in [0.5, 0.6) is 0 Å². The molecule has 0 bridgehead atoms. The van der Waals surface area contributed by atoms with Crippen LogP contribution in [0.1, 0.15) is 12.0 Å². The van der Waals surface area contributed by atoms with Gasteiger partial charge in [0.05, 0.1) is 12.4 Å². The predicted molar refractivity (Wildman–Crippen MR) is 72.3 cm³/mol. The number of hydrogen-bond acceptors (Lipinski definition) is 4. The standard InChI is InChI=1S/C13H19NO4S/c15-13(7-8-18-11-13)10-14-19(16,17)9-6-12-4-2-1-3-5-12/h1-5,14-15H,6-11H2/t13-/m0/s1. The van der Waals surface area contributed by atoms with Crippen molar-refractivity contribution >= 4 is 10.0 Å². The van der Waals surface area contributed by atoms with E-state index in [4.69, 9.17) is 4.74 Å². The molecule has 1 aliphatic rings. The van der Waals surface area contributed by atoms with Crippen molar-refractivity contribution in [1.29, 1.82) is 0 Å². The SMILES string of the molecule is O=S(=O)(CCc1ccccc1)NC[C@@]1(O)CCOC1. The Morgan fingerprint density at radius 1 is 1.32 bits per heavy atom. The highest BCUT2D eigenvalue weighted by Crippen LogP contribution is 2.17. The monoisotopic (exact) mass is 285 g/mol. The van der Waals surface area contributed by atoms with Gasteiger partial charge in [0.1, 0.15) is 5.60 Å². The molecule has 5 nitrogen and oxygen atoms in total. The van der Waals surface area contributed by atoms with Crippen LogP contribution in [0.15, 0.2) is 30.3 Å². The molecule has 1 heterocycles. The van der Waals surface area contributed by atoms with Gasteiger partial charge in [-0.3, -0.25) is 0 Å². The van der Waals surface area contributed by atoms with E-state index in [0.717, 1.165) is 5.56 Å². The third-order valence-corrected chi connectivity index (χ3v) is 4.53. The fraction of sp³-hybridized carbons (Fsp3) is 0.538. The molecule has 0 spiro atoms. The Morgan fingerprint density at radius 2 is 2.05 bits per heavy atom. The lowest BCUT2D eigenvalue weighted by atomic mass is 10.1. The number of aryl methyl sites for hydroxylation is 1. The van der Waals surface area contributed by atoms with E-state index in [9.17, 15) is 13.5 Å². The van der Waals surface area contributed by atoms with Gasteiger partial charge in [-0.2, -0.15) is 0 Å². The van der Waals surface area contributed by atoms with Gasteiger partial charge in [0.15, 0.2) is 0 Å². The smallest absolute Gasteiger partial charge is 0.212 e. The summed E-state index contributed by atoms with van der Waals surface area (Å²) >= 11 is 0. The Kier molecular flexibility index (Phi) is 4.57. The number of rotatable bonds is 6.